The largest absolute Gasteiger partial charge is 0.506 e. The van der Waals surface area contributed by atoms with E-state index in [4.69, 9.17) is 0 Å². The Hall–Kier alpha value is -1.48. The molecule has 0 radical (unpaired) electrons. The van der Waals surface area contributed by atoms with E-state index in [1.165, 1.54) is 23.2 Å². The molecule has 0 saturated heterocycles. The van der Waals surface area contributed by atoms with Crippen molar-refractivity contribution in [3.05, 3.63) is 57.6 Å². The summed E-state index contributed by atoms with van der Waals surface area (Å²) in [6.45, 7) is 3.93. The van der Waals surface area contributed by atoms with Gasteiger partial charge in [0.2, 0.25) is 0 Å². The molecule has 3 rings (SSSR count). The summed E-state index contributed by atoms with van der Waals surface area (Å²) in [6, 6.07) is 12.5. The van der Waals surface area contributed by atoms with Crippen LogP contribution in [-0.4, -0.2) is 11.7 Å². The molecule has 1 N–H and O–H groups in total. The van der Waals surface area contributed by atoms with Gasteiger partial charge in [-0.1, -0.05) is 29.8 Å². The molecule has 0 amide bonds. The summed E-state index contributed by atoms with van der Waals surface area (Å²) in [7, 11) is 0. The first-order valence-electron chi connectivity index (χ1n) is 6.96. The maximum absolute atomic E-state index is 10.1. The van der Waals surface area contributed by atoms with Crippen molar-refractivity contribution in [2.45, 2.75) is 26.3 Å². The molecule has 0 fully saturated rings. The molecule has 0 spiro atoms. The highest BCUT2D eigenvalue weighted by Gasteiger charge is 2.18. The number of phenols is 1. The lowest BCUT2D eigenvalue weighted by molar-refractivity contribution is 0.463. The molecule has 1 aliphatic rings. The van der Waals surface area contributed by atoms with Crippen molar-refractivity contribution in [3.8, 4) is 5.75 Å². The monoisotopic (exact) mass is 331 g/mol. The third-order valence-electron chi connectivity index (χ3n) is 3.88. The molecule has 0 atom stereocenters. The number of fused-ring (bicyclic) bond motifs is 1. The van der Waals surface area contributed by atoms with Gasteiger partial charge in [-0.25, -0.2) is 0 Å². The van der Waals surface area contributed by atoms with Crippen LogP contribution in [0.25, 0.3) is 0 Å². The van der Waals surface area contributed by atoms with E-state index in [-0.39, 0.29) is 0 Å². The topological polar surface area (TPSA) is 23.5 Å². The number of rotatable bonds is 2. The minimum atomic E-state index is 0.353. The lowest BCUT2D eigenvalue weighted by Gasteiger charge is -2.32. The summed E-state index contributed by atoms with van der Waals surface area (Å²) in [4.78, 5) is 2.36. The Morgan fingerprint density at radius 2 is 2.10 bits per heavy atom. The Bertz CT molecular complexity index is 639. The van der Waals surface area contributed by atoms with Crippen molar-refractivity contribution in [1.82, 2.24) is 0 Å². The average Bonchev–Trinajstić information content (AvgIpc) is 2.44. The van der Waals surface area contributed by atoms with E-state index in [1.54, 1.807) is 0 Å². The van der Waals surface area contributed by atoms with Crippen LogP contribution in [0.4, 0.5) is 5.69 Å². The molecule has 104 valence electrons. The number of nitrogens with zero attached hydrogens (tertiary/aromatic N) is 1. The lowest BCUT2D eigenvalue weighted by atomic mass is 9.99. The number of phenolic OH excluding ortho intramolecular Hbond substituents is 1. The first-order chi connectivity index (χ1) is 9.65. The van der Waals surface area contributed by atoms with Gasteiger partial charge in [0, 0.05) is 24.3 Å². The first-order valence-corrected chi connectivity index (χ1v) is 7.75. The van der Waals surface area contributed by atoms with Crippen LogP contribution in [-0.2, 0) is 13.0 Å². The summed E-state index contributed by atoms with van der Waals surface area (Å²) < 4.78 is 0.760. The summed E-state index contributed by atoms with van der Waals surface area (Å²) in [5.74, 6) is 0.353. The van der Waals surface area contributed by atoms with Crippen molar-refractivity contribution in [1.29, 1.82) is 0 Å². The van der Waals surface area contributed by atoms with Crippen molar-refractivity contribution >= 4 is 21.6 Å². The van der Waals surface area contributed by atoms with Gasteiger partial charge < -0.3 is 10.0 Å². The summed E-state index contributed by atoms with van der Waals surface area (Å²) in [6.07, 6.45) is 2.32. The second-order valence-corrected chi connectivity index (χ2v) is 6.26. The molecule has 0 aromatic heterocycles. The molecule has 0 aliphatic carbocycles. The van der Waals surface area contributed by atoms with E-state index < -0.39 is 0 Å². The van der Waals surface area contributed by atoms with E-state index in [0.717, 1.165) is 29.5 Å². The van der Waals surface area contributed by atoms with Crippen LogP contribution in [0, 0.1) is 6.92 Å². The Kier molecular flexibility index (Phi) is 3.70. The molecule has 2 nitrogen and oxygen atoms in total. The smallest absolute Gasteiger partial charge is 0.134 e. The first kappa shape index (κ1) is 13.5. The molecule has 2 aromatic rings. The Morgan fingerprint density at radius 1 is 1.25 bits per heavy atom. The second-order valence-electron chi connectivity index (χ2n) is 5.40. The molecule has 1 aliphatic heterocycles. The maximum atomic E-state index is 10.1. The van der Waals surface area contributed by atoms with Crippen LogP contribution in [0.3, 0.4) is 0 Å². The molecule has 3 heteroatoms. The van der Waals surface area contributed by atoms with Crippen molar-refractivity contribution in [2.24, 2.45) is 0 Å². The number of halogens is 1. The highest BCUT2D eigenvalue weighted by Crippen LogP contribution is 2.33. The molecule has 0 unspecified atom stereocenters. The highest BCUT2D eigenvalue weighted by atomic mass is 79.9. The van der Waals surface area contributed by atoms with Crippen molar-refractivity contribution in [3.63, 3.8) is 0 Å². The molecule has 2 aromatic carbocycles. The minimum absolute atomic E-state index is 0.353. The fourth-order valence-corrected chi connectivity index (χ4v) is 3.27. The van der Waals surface area contributed by atoms with Gasteiger partial charge in [-0.05, 0) is 53.4 Å². The van der Waals surface area contributed by atoms with Crippen molar-refractivity contribution < 1.29 is 5.11 Å². The fourth-order valence-electron chi connectivity index (χ4n) is 2.86. The number of anilines is 1. The zero-order chi connectivity index (χ0) is 14.1. The van der Waals surface area contributed by atoms with Gasteiger partial charge >= 0.3 is 0 Å². The van der Waals surface area contributed by atoms with Gasteiger partial charge in [0.05, 0.1) is 4.47 Å². The van der Waals surface area contributed by atoms with Gasteiger partial charge in [-0.2, -0.15) is 0 Å². The van der Waals surface area contributed by atoms with Crippen LogP contribution < -0.4 is 4.90 Å². The van der Waals surface area contributed by atoms with Crippen LogP contribution in [0.2, 0.25) is 0 Å². The zero-order valence-corrected chi connectivity index (χ0v) is 13.2. The fraction of sp³-hybridized carbons (Fsp3) is 0.294. The Balaban J connectivity index is 1.91. The van der Waals surface area contributed by atoms with E-state index in [0.29, 0.717) is 5.75 Å². The summed E-state index contributed by atoms with van der Waals surface area (Å²) in [5.41, 5.74) is 5.01. The standard InChI is InChI=1S/C17H18BrNO/c1-12-7-8-16-13(10-12)5-3-9-19(16)11-14-4-2-6-15(18)17(14)20/h2,4,6-8,10,20H,3,5,9,11H2,1H3. The van der Waals surface area contributed by atoms with Gasteiger partial charge in [0.1, 0.15) is 5.75 Å². The van der Waals surface area contributed by atoms with Crippen LogP contribution in [0.1, 0.15) is 23.1 Å². The van der Waals surface area contributed by atoms with E-state index in [2.05, 4.69) is 46.0 Å². The van der Waals surface area contributed by atoms with Gasteiger partial charge in [0.15, 0.2) is 0 Å². The predicted molar refractivity (Wildman–Crippen MR) is 86.4 cm³/mol. The van der Waals surface area contributed by atoms with Gasteiger partial charge in [-0.15, -0.1) is 0 Å². The summed E-state index contributed by atoms with van der Waals surface area (Å²) >= 11 is 3.38. The lowest BCUT2D eigenvalue weighted by Crippen LogP contribution is -2.28. The zero-order valence-electron chi connectivity index (χ0n) is 11.6. The predicted octanol–water partition coefficient (Wildman–Crippen LogP) is 4.42. The highest BCUT2D eigenvalue weighted by molar-refractivity contribution is 9.10. The number of aryl methyl sites for hydroxylation is 2. The van der Waals surface area contributed by atoms with Crippen LogP contribution in [0.5, 0.6) is 5.75 Å². The molecule has 0 bridgehead atoms. The van der Waals surface area contributed by atoms with Gasteiger partial charge in [-0.3, -0.25) is 0 Å². The van der Waals surface area contributed by atoms with Crippen LogP contribution >= 0.6 is 15.9 Å². The maximum Gasteiger partial charge on any atom is 0.134 e. The second kappa shape index (κ2) is 5.49. The average molecular weight is 332 g/mol. The van der Waals surface area contributed by atoms with Gasteiger partial charge in [0.25, 0.3) is 0 Å². The molecular formula is C17H18BrNO. The number of para-hydroxylation sites is 1. The molecule has 0 saturated carbocycles. The molecule has 1 heterocycles. The van der Waals surface area contributed by atoms with E-state index >= 15 is 0 Å². The van der Waals surface area contributed by atoms with E-state index in [1.807, 2.05) is 18.2 Å². The third-order valence-corrected chi connectivity index (χ3v) is 4.52. The van der Waals surface area contributed by atoms with Crippen molar-refractivity contribution in [2.75, 3.05) is 11.4 Å². The number of hydrogen-bond acceptors (Lipinski definition) is 2. The number of aromatic hydroxyl groups is 1. The number of benzene rings is 2. The Morgan fingerprint density at radius 3 is 2.95 bits per heavy atom. The summed E-state index contributed by atoms with van der Waals surface area (Å²) in [5, 5.41) is 10.1. The quantitative estimate of drug-likeness (QED) is 0.880. The molecular weight excluding hydrogens is 314 g/mol. The third kappa shape index (κ3) is 2.55. The SMILES string of the molecule is Cc1ccc2c(c1)CCCN2Cc1cccc(Br)c1O. The minimum Gasteiger partial charge on any atom is -0.506 e. The van der Waals surface area contributed by atoms with E-state index in [9.17, 15) is 5.11 Å². The van der Waals surface area contributed by atoms with Crippen LogP contribution in [0.15, 0.2) is 40.9 Å². The molecule has 20 heavy (non-hydrogen) atoms. The normalized spacial score (nSPS) is 14.2. The number of hydrogen-bond donors (Lipinski definition) is 1. The Labute approximate surface area is 128 Å².